The third kappa shape index (κ3) is 3.91. The average Bonchev–Trinajstić information content (AvgIpc) is 2.78. The molecular weight excluding hydrogens is 302 g/mol. The highest BCUT2D eigenvalue weighted by atomic mass is 35.5. The zero-order valence-electron chi connectivity index (χ0n) is 11.0. The maximum absolute atomic E-state index is 11.0. The maximum Gasteiger partial charge on any atom is 0.288 e. The molecule has 110 valence electrons. The molecule has 0 amide bonds. The molecule has 20 heavy (non-hydrogen) atoms. The Morgan fingerprint density at radius 3 is 2.90 bits per heavy atom. The molecule has 1 saturated heterocycles. The van der Waals surface area contributed by atoms with E-state index in [4.69, 9.17) is 16.2 Å². The number of nitrogens with zero attached hydrogens (tertiary/aromatic N) is 3. The smallest absolute Gasteiger partial charge is 0.288 e. The SMILES string of the molecule is CC(N=C1CCCN1Cc1ccc(Cl)nc1)S(=O)(=O)O. The van der Waals surface area contributed by atoms with E-state index in [-0.39, 0.29) is 0 Å². The van der Waals surface area contributed by atoms with Crippen LogP contribution in [0, 0.1) is 0 Å². The van der Waals surface area contributed by atoms with Crippen molar-refractivity contribution in [2.24, 2.45) is 4.99 Å². The van der Waals surface area contributed by atoms with Gasteiger partial charge < -0.3 is 4.90 Å². The normalized spacial score (nSPS) is 19.6. The van der Waals surface area contributed by atoms with E-state index >= 15 is 0 Å². The number of amidine groups is 1. The number of pyridine rings is 1. The van der Waals surface area contributed by atoms with Gasteiger partial charge in [-0.1, -0.05) is 17.7 Å². The summed E-state index contributed by atoms with van der Waals surface area (Å²) in [4.78, 5) is 10.1. The highest BCUT2D eigenvalue weighted by Gasteiger charge is 2.23. The van der Waals surface area contributed by atoms with Gasteiger partial charge in [-0.2, -0.15) is 8.42 Å². The number of hydrogen-bond acceptors (Lipinski definition) is 4. The van der Waals surface area contributed by atoms with Gasteiger partial charge in [0.1, 0.15) is 11.0 Å². The molecule has 6 nitrogen and oxygen atoms in total. The Labute approximate surface area is 123 Å². The van der Waals surface area contributed by atoms with Crippen molar-refractivity contribution < 1.29 is 13.0 Å². The number of aliphatic imine (C=N–C) groups is 1. The first-order valence-corrected chi connectivity index (χ1v) is 8.13. The van der Waals surface area contributed by atoms with Gasteiger partial charge in [0.2, 0.25) is 0 Å². The molecule has 0 aromatic carbocycles. The standard InChI is InChI=1S/C12H16ClN3O3S/c1-9(20(17,18)19)15-12-3-2-6-16(12)8-10-4-5-11(13)14-7-10/h4-5,7,9H,2-3,6,8H2,1H3,(H,17,18,19). The summed E-state index contributed by atoms with van der Waals surface area (Å²) in [7, 11) is -4.14. The first kappa shape index (κ1) is 15.2. The first-order chi connectivity index (χ1) is 9.36. The maximum atomic E-state index is 11.0. The topological polar surface area (TPSA) is 82.9 Å². The summed E-state index contributed by atoms with van der Waals surface area (Å²) in [6.45, 7) is 2.77. The molecule has 2 heterocycles. The van der Waals surface area contributed by atoms with Crippen LogP contribution in [-0.4, -0.2) is 40.6 Å². The van der Waals surface area contributed by atoms with Crippen molar-refractivity contribution in [3.05, 3.63) is 29.0 Å². The van der Waals surface area contributed by atoms with E-state index in [1.54, 1.807) is 12.3 Å². The summed E-state index contributed by atoms with van der Waals surface area (Å²) in [6.07, 6.45) is 3.31. The largest absolute Gasteiger partial charge is 0.356 e. The summed E-state index contributed by atoms with van der Waals surface area (Å²) in [6, 6.07) is 3.59. The lowest BCUT2D eigenvalue weighted by atomic mass is 10.3. The Morgan fingerprint density at radius 2 is 2.30 bits per heavy atom. The Kier molecular flexibility index (Phi) is 4.62. The number of aromatic nitrogens is 1. The molecule has 0 saturated carbocycles. The fraction of sp³-hybridized carbons (Fsp3) is 0.500. The van der Waals surface area contributed by atoms with E-state index in [2.05, 4.69) is 9.98 Å². The van der Waals surface area contributed by atoms with Crippen molar-refractivity contribution in [3.8, 4) is 0 Å². The van der Waals surface area contributed by atoms with Crippen molar-refractivity contribution in [1.82, 2.24) is 9.88 Å². The summed E-state index contributed by atoms with van der Waals surface area (Å²) in [5.74, 6) is 0.699. The first-order valence-electron chi connectivity index (χ1n) is 6.24. The predicted molar refractivity (Wildman–Crippen MR) is 77.3 cm³/mol. The van der Waals surface area contributed by atoms with Crippen LogP contribution in [0.3, 0.4) is 0 Å². The third-order valence-corrected chi connectivity index (χ3v) is 4.31. The molecule has 1 aromatic rings. The second-order valence-corrected chi connectivity index (χ2v) is 6.77. The van der Waals surface area contributed by atoms with Crippen LogP contribution in [0.1, 0.15) is 25.3 Å². The van der Waals surface area contributed by atoms with Gasteiger partial charge in [-0.25, -0.2) is 4.98 Å². The number of likely N-dealkylation sites (tertiary alicyclic amines) is 1. The van der Waals surface area contributed by atoms with Gasteiger partial charge in [0.15, 0.2) is 5.37 Å². The van der Waals surface area contributed by atoms with Gasteiger partial charge in [-0.3, -0.25) is 9.55 Å². The fourth-order valence-electron chi connectivity index (χ4n) is 2.03. The summed E-state index contributed by atoms with van der Waals surface area (Å²) in [5.41, 5.74) is 0.975. The lowest BCUT2D eigenvalue weighted by Gasteiger charge is -2.19. The highest BCUT2D eigenvalue weighted by Crippen LogP contribution is 2.17. The van der Waals surface area contributed by atoms with Gasteiger partial charge in [-0.15, -0.1) is 0 Å². The van der Waals surface area contributed by atoms with Gasteiger partial charge in [-0.05, 0) is 25.0 Å². The van der Waals surface area contributed by atoms with Crippen molar-refractivity contribution in [2.45, 2.75) is 31.7 Å². The van der Waals surface area contributed by atoms with Crippen LogP contribution in [0.2, 0.25) is 5.15 Å². The van der Waals surface area contributed by atoms with Crippen molar-refractivity contribution in [3.63, 3.8) is 0 Å². The molecule has 1 N–H and O–H groups in total. The molecule has 1 aromatic heterocycles. The summed E-state index contributed by atoms with van der Waals surface area (Å²) < 4.78 is 31.0. The van der Waals surface area contributed by atoms with Crippen molar-refractivity contribution in [1.29, 1.82) is 0 Å². The van der Waals surface area contributed by atoms with E-state index in [0.29, 0.717) is 24.0 Å². The molecule has 0 bridgehead atoms. The Bertz CT molecular complexity index is 601. The van der Waals surface area contributed by atoms with Gasteiger partial charge in [0, 0.05) is 25.7 Å². The van der Waals surface area contributed by atoms with Crippen LogP contribution in [0.15, 0.2) is 23.3 Å². The summed E-state index contributed by atoms with van der Waals surface area (Å²) >= 11 is 5.73. The lowest BCUT2D eigenvalue weighted by Crippen LogP contribution is -2.27. The molecule has 2 rings (SSSR count). The van der Waals surface area contributed by atoms with Gasteiger partial charge >= 0.3 is 0 Å². The quantitative estimate of drug-likeness (QED) is 0.678. The molecule has 0 spiro atoms. The zero-order chi connectivity index (χ0) is 14.8. The van der Waals surface area contributed by atoms with Crippen LogP contribution in [0.4, 0.5) is 0 Å². The Hall–Kier alpha value is -1.18. The van der Waals surface area contributed by atoms with E-state index in [0.717, 1.165) is 18.5 Å². The predicted octanol–water partition coefficient (Wildman–Crippen LogP) is 1.96. The lowest BCUT2D eigenvalue weighted by molar-refractivity contribution is 0.442. The second kappa shape index (κ2) is 6.07. The van der Waals surface area contributed by atoms with Crippen molar-refractivity contribution in [2.75, 3.05) is 6.54 Å². The van der Waals surface area contributed by atoms with Crippen LogP contribution in [0.25, 0.3) is 0 Å². The molecule has 0 aliphatic carbocycles. The highest BCUT2D eigenvalue weighted by molar-refractivity contribution is 7.86. The number of halogens is 1. The van der Waals surface area contributed by atoms with Crippen molar-refractivity contribution >= 4 is 27.6 Å². The molecule has 1 fully saturated rings. The molecule has 8 heteroatoms. The number of hydrogen-bond donors (Lipinski definition) is 1. The minimum Gasteiger partial charge on any atom is -0.356 e. The molecule has 0 radical (unpaired) electrons. The van der Waals surface area contributed by atoms with Crippen LogP contribution >= 0.6 is 11.6 Å². The zero-order valence-corrected chi connectivity index (χ0v) is 12.6. The van der Waals surface area contributed by atoms with Crippen LogP contribution < -0.4 is 0 Å². The van der Waals surface area contributed by atoms with Crippen LogP contribution in [0.5, 0.6) is 0 Å². The molecule has 1 aliphatic heterocycles. The molecule has 1 atom stereocenters. The Balaban J connectivity index is 2.11. The molecule has 1 unspecified atom stereocenters. The van der Waals surface area contributed by atoms with Gasteiger partial charge in [0.05, 0.1) is 0 Å². The Morgan fingerprint density at radius 1 is 1.55 bits per heavy atom. The third-order valence-electron chi connectivity index (χ3n) is 3.12. The average molecular weight is 318 g/mol. The minimum atomic E-state index is -4.14. The minimum absolute atomic E-state index is 0.434. The van der Waals surface area contributed by atoms with Gasteiger partial charge in [0.25, 0.3) is 10.1 Å². The van der Waals surface area contributed by atoms with E-state index in [1.165, 1.54) is 6.92 Å². The second-order valence-electron chi connectivity index (χ2n) is 4.67. The van der Waals surface area contributed by atoms with Crippen LogP contribution in [-0.2, 0) is 16.7 Å². The monoisotopic (exact) mass is 317 g/mol. The van der Waals surface area contributed by atoms with E-state index in [1.807, 2.05) is 11.0 Å². The summed E-state index contributed by atoms with van der Waals surface area (Å²) in [5, 5.41) is -0.703. The molecule has 1 aliphatic rings. The number of rotatable bonds is 4. The fourth-order valence-corrected chi connectivity index (χ4v) is 2.40. The van der Waals surface area contributed by atoms with E-state index < -0.39 is 15.5 Å². The molecular formula is C12H16ClN3O3S. The van der Waals surface area contributed by atoms with E-state index in [9.17, 15) is 8.42 Å².